The molecular weight excluding hydrogens is 448 g/mol. The molecule has 2 aromatic rings. The molecule has 0 bridgehead atoms. The van der Waals surface area contributed by atoms with Gasteiger partial charge in [0.05, 0.1) is 19.2 Å². The van der Waals surface area contributed by atoms with Crippen LogP contribution in [0.4, 0.5) is 0 Å². The van der Waals surface area contributed by atoms with Crippen LogP contribution in [0.5, 0.6) is 5.88 Å². The maximum Gasteiger partial charge on any atom is 0.259 e. The van der Waals surface area contributed by atoms with Crippen molar-refractivity contribution < 1.29 is 24.2 Å². The van der Waals surface area contributed by atoms with Crippen LogP contribution in [0, 0.1) is 11.8 Å². The number of aliphatic hydroxyl groups is 1. The third-order valence-electron chi connectivity index (χ3n) is 6.94. The zero-order valence-electron chi connectivity index (χ0n) is 20.6. The smallest absolute Gasteiger partial charge is 0.259 e. The summed E-state index contributed by atoms with van der Waals surface area (Å²) in [4.78, 5) is 38.6. The molecule has 4 heterocycles. The minimum absolute atomic E-state index is 0.0431. The summed E-state index contributed by atoms with van der Waals surface area (Å²) in [5.41, 5.74) is 2.00. The third-order valence-corrected chi connectivity index (χ3v) is 6.94. The number of fused-ring (bicyclic) bond motifs is 1. The lowest BCUT2D eigenvalue weighted by atomic mass is 9.97. The highest BCUT2D eigenvalue weighted by Gasteiger charge is 2.35. The highest BCUT2D eigenvalue weighted by molar-refractivity contribution is 5.98. The van der Waals surface area contributed by atoms with Crippen LogP contribution in [0.3, 0.4) is 0 Å². The lowest BCUT2D eigenvalue weighted by Gasteiger charge is -2.38. The molecule has 0 radical (unpaired) electrons. The van der Waals surface area contributed by atoms with E-state index in [2.05, 4.69) is 9.97 Å². The molecule has 9 heteroatoms. The molecule has 4 rings (SSSR count). The van der Waals surface area contributed by atoms with Gasteiger partial charge in [0, 0.05) is 62.8 Å². The molecule has 1 fully saturated rings. The summed E-state index contributed by atoms with van der Waals surface area (Å²) in [6.07, 6.45) is 6.14. The third kappa shape index (κ3) is 5.62. The Balaban J connectivity index is 1.64. The molecule has 1 N–H and O–H groups in total. The van der Waals surface area contributed by atoms with Gasteiger partial charge in [0.1, 0.15) is 11.7 Å². The van der Waals surface area contributed by atoms with Gasteiger partial charge in [0.15, 0.2) is 0 Å². The average Bonchev–Trinajstić information content (AvgIpc) is 2.90. The van der Waals surface area contributed by atoms with Gasteiger partial charge < -0.3 is 24.4 Å². The first-order valence-corrected chi connectivity index (χ1v) is 12.2. The fraction of sp³-hybridized carbons (Fsp3) is 0.538. The molecule has 2 aromatic heterocycles. The van der Waals surface area contributed by atoms with Crippen LogP contribution in [0.1, 0.15) is 37.0 Å². The van der Waals surface area contributed by atoms with E-state index >= 15 is 0 Å². The van der Waals surface area contributed by atoms with Crippen LogP contribution >= 0.6 is 0 Å². The normalized spacial score (nSPS) is 21.9. The summed E-state index contributed by atoms with van der Waals surface area (Å²) in [6.45, 7) is 5.64. The van der Waals surface area contributed by atoms with E-state index in [1.807, 2.05) is 26.0 Å². The van der Waals surface area contributed by atoms with Gasteiger partial charge in [-0.1, -0.05) is 6.92 Å². The number of likely N-dealkylation sites (N-methyl/N-ethyl adjacent to an activating group) is 1. The largest absolute Gasteiger partial charge is 0.472 e. The van der Waals surface area contributed by atoms with Gasteiger partial charge in [-0.3, -0.25) is 14.6 Å². The van der Waals surface area contributed by atoms with E-state index in [9.17, 15) is 14.7 Å². The minimum atomic E-state index is -0.372. The Labute approximate surface area is 206 Å². The van der Waals surface area contributed by atoms with Gasteiger partial charge in [0.2, 0.25) is 11.8 Å². The summed E-state index contributed by atoms with van der Waals surface area (Å²) < 4.78 is 11.7. The van der Waals surface area contributed by atoms with E-state index in [-0.39, 0.29) is 48.3 Å². The lowest BCUT2D eigenvalue weighted by molar-refractivity contribution is -0.138. The molecule has 2 amide bonds. The first kappa shape index (κ1) is 25.1. The molecule has 0 saturated carbocycles. The van der Waals surface area contributed by atoms with Gasteiger partial charge in [0.25, 0.3) is 5.91 Å². The van der Waals surface area contributed by atoms with Crippen molar-refractivity contribution >= 4 is 11.8 Å². The van der Waals surface area contributed by atoms with E-state index in [1.54, 1.807) is 41.5 Å². The zero-order chi connectivity index (χ0) is 24.9. The second kappa shape index (κ2) is 11.1. The topological polar surface area (TPSA) is 105 Å². The number of carbonyl (C=O) groups excluding carboxylic acids is 2. The Morgan fingerprint density at radius 2 is 1.97 bits per heavy atom. The fourth-order valence-electron chi connectivity index (χ4n) is 4.64. The number of pyridine rings is 2. The van der Waals surface area contributed by atoms with Crippen molar-refractivity contribution in [3.8, 4) is 17.0 Å². The predicted molar refractivity (Wildman–Crippen MR) is 130 cm³/mol. The Bertz CT molecular complexity index is 1030. The monoisotopic (exact) mass is 482 g/mol. The molecule has 2 aliphatic rings. The fourth-order valence-corrected chi connectivity index (χ4v) is 4.64. The average molecular weight is 483 g/mol. The van der Waals surface area contributed by atoms with E-state index in [1.165, 1.54) is 0 Å². The van der Waals surface area contributed by atoms with Crippen LogP contribution in [0.25, 0.3) is 11.1 Å². The second-order valence-corrected chi connectivity index (χ2v) is 9.54. The first-order chi connectivity index (χ1) is 16.9. The van der Waals surface area contributed by atoms with E-state index in [4.69, 9.17) is 9.47 Å². The van der Waals surface area contributed by atoms with Crippen molar-refractivity contribution in [3.05, 3.63) is 42.4 Å². The zero-order valence-corrected chi connectivity index (χ0v) is 20.6. The summed E-state index contributed by atoms with van der Waals surface area (Å²) in [7, 11) is 1.80. The Morgan fingerprint density at radius 3 is 2.66 bits per heavy atom. The van der Waals surface area contributed by atoms with Crippen molar-refractivity contribution in [3.63, 3.8) is 0 Å². The maximum atomic E-state index is 13.6. The molecule has 188 valence electrons. The van der Waals surface area contributed by atoms with Gasteiger partial charge in [-0.05, 0) is 43.5 Å². The van der Waals surface area contributed by atoms with E-state index in [0.717, 1.165) is 24.0 Å². The number of hydrogen-bond acceptors (Lipinski definition) is 7. The number of amides is 2. The van der Waals surface area contributed by atoms with E-state index in [0.29, 0.717) is 31.9 Å². The number of nitrogens with zero attached hydrogens (tertiary/aromatic N) is 4. The lowest BCUT2D eigenvalue weighted by Crippen LogP contribution is -2.51. The predicted octanol–water partition coefficient (Wildman–Crippen LogP) is 2.25. The highest BCUT2D eigenvalue weighted by atomic mass is 16.5. The van der Waals surface area contributed by atoms with Crippen molar-refractivity contribution in [2.75, 3.05) is 40.0 Å². The molecule has 0 aromatic carbocycles. The Kier molecular flexibility index (Phi) is 7.97. The molecular formula is C26H34N4O5. The van der Waals surface area contributed by atoms with Crippen LogP contribution in [-0.2, 0) is 9.53 Å². The summed E-state index contributed by atoms with van der Waals surface area (Å²) in [6, 6.07) is 5.12. The number of aromatic nitrogens is 2. The van der Waals surface area contributed by atoms with Gasteiger partial charge >= 0.3 is 0 Å². The van der Waals surface area contributed by atoms with Crippen LogP contribution < -0.4 is 4.74 Å². The number of hydrogen-bond donors (Lipinski definition) is 1. The van der Waals surface area contributed by atoms with Gasteiger partial charge in [-0.2, -0.15) is 0 Å². The van der Waals surface area contributed by atoms with Gasteiger partial charge in [-0.15, -0.1) is 0 Å². The number of aliphatic hydroxyl groups excluding tert-OH is 1. The summed E-state index contributed by atoms with van der Waals surface area (Å²) in [5, 5.41) is 9.85. The molecule has 0 spiro atoms. The van der Waals surface area contributed by atoms with Crippen molar-refractivity contribution in [1.82, 2.24) is 19.8 Å². The van der Waals surface area contributed by atoms with E-state index < -0.39 is 0 Å². The number of ether oxygens (including phenoxy) is 2. The minimum Gasteiger partial charge on any atom is -0.472 e. The number of rotatable bonds is 6. The Hall–Kier alpha value is -3.04. The molecule has 9 nitrogen and oxygen atoms in total. The van der Waals surface area contributed by atoms with Crippen molar-refractivity contribution in [1.29, 1.82) is 0 Å². The Morgan fingerprint density at radius 1 is 1.26 bits per heavy atom. The molecule has 0 aliphatic carbocycles. The molecule has 2 aliphatic heterocycles. The quantitative estimate of drug-likeness (QED) is 0.673. The SMILES string of the molecule is C[C@@H]1CN([C@@H](C)CO)C(=O)c2cc(-c3ccncc3)cnc2O[C@@H]1CN(C)C(=O)C1CCOCC1. The molecule has 0 unspecified atom stereocenters. The second-order valence-electron chi connectivity index (χ2n) is 9.54. The molecule has 35 heavy (non-hydrogen) atoms. The van der Waals surface area contributed by atoms with Crippen molar-refractivity contribution in [2.45, 2.75) is 38.8 Å². The highest BCUT2D eigenvalue weighted by Crippen LogP contribution is 2.30. The van der Waals surface area contributed by atoms with Crippen LogP contribution in [0.2, 0.25) is 0 Å². The molecule has 3 atom stereocenters. The van der Waals surface area contributed by atoms with Gasteiger partial charge in [-0.25, -0.2) is 4.98 Å². The summed E-state index contributed by atoms with van der Waals surface area (Å²) in [5.74, 6) is -0.0384. The maximum absolute atomic E-state index is 13.6. The van der Waals surface area contributed by atoms with Crippen LogP contribution in [-0.4, -0.2) is 88.8 Å². The van der Waals surface area contributed by atoms with Crippen LogP contribution in [0.15, 0.2) is 36.8 Å². The standard InChI is InChI=1S/C26H34N4O5/c1-17-14-30(18(2)16-31)26(33)22-12-21(19-4-8-27-9-5-19)13-28-24(22)35-23(17)15-29(3)25(32)20-6-10-34-11-7-20/h4-5,8-9,12-13,17-18,20,23,31H,6-7,10-11,14-16H2,1-3H3/t17-,18+,23-/m1/s1. The van der Waals surface area contributed by atoms with Crippen molar-refractivity contribution in [2.24, 2.45) is 11.8 Å². The number of carbonyl (C=O) groups is 2. The molecule has 1 saturated heterocycles. The first-order valence-electron chi connectivity index (χ1n) is 12.2. The summed E-state index contributed by atoms with van der Waals surface area (Å²) >= 11 is 0.